The van der Waals surface area contributed by atoms with E-state index in [0.717, 1.165) is 11.3 Å². The van der Waals surface area contributed by atoms with Gasteiger partial charge >= 0.3 is 0 Å². The molecule has 94 valence electrons. The van der Waals surface area contributed by atoms with Crippen LogP contribution in [0.3, 0.4) is 0 Å². The average Bonchev–Trinajstić information content (AvgIpc) is 2.32. The molecule has 5 heteroatoms. The number of aryl methyl sites for hydroxylation is 1. The summed E-state index contributed by atoms with van der Waals surface area (Å²) < 4.78 is 5.71. The molecule has 0 aliphatic rings. The second-order valence-electron chi connectivity index (χ2n) is 4.28. The maximum Gasteiger partial charge on any atom is 0.227 e. The number of aromatic nitrogens is 3. The van der Waals surface area contributed by atoms with Gasteiger partial charge in [0.15, 0.2) is 0 Å². The summed E-state index contributed by atoms with van der Waals surface area (Å²) in [7, 11) is 0. The fraction of sp³-hybridized carbons (Fsp3) is 0.308. The molecule has 2 aromatic rings. The smallest absolute Gasteiger partial charge is 0.227 e. The Morgan fingerprint density at radius 3 is 2.56 bits per heavy atom. The highest BCUT2D eigenvalue weighted by molar-refractivity contribution is 6.30. The molecule has 0 amide bonds. The first-order valence-corrected chi connectivity index (χ1v) is 6.06. The molecule has 4 nitrogen and oxygen atoms in total. The van der Waals surface area contributed by atoms with Gasteiger partial charge in [-0.05, 0) is 25.0 Å². The van der Waals surface area contributed by atoms with Gasteiger partial charge in [0.25, 0.3) is 0 Å². The third kappa shape index (κ3) is 2.76. The summed E-state index contributed by atoms with van der Waals surface area (Å²) in [6, 6.07) is 3.73. The summed E-state index contributed by atoms with van der Waals surface area (Å²) in [4.78, 5) is 12.3. The van der Waals surface area contributed by atoms with Gasteiger partial charge in [0.05, 0.1) is 11.8 Å². The monoisotopic (exact) mass is 263 g/mol. The van der Waals surface area contributed by atoms with Crippen LogP contribution < -0.4 is 4.74 Å². The first-order valence-electron chi connectivity index (χ1n) is 5.69. The minimum Gasteiger partial charge on any atom is -0.437 e. The lowest BCUT2D eigenvalue weighted by Crippen LogP contribution is -1.99. The van der Waals surface area contributed by atoms with Gasteiger partial charge in [-0.25, -0.2) is 9.97 Å². The minimum absolute atomic E-state index is 0.187. The van der Waals surface area contributed by atoms with E-state index >= 15 is 0 Å². The van der Waals surface area contributed by atoms with Gasteiger partial charge in [-0.1, -0.05) is 25.4 Å². The second-order valence-corrected chi connectivity index (χ2v) is 4.63. The SMILES string of the molecule is Cc1ccc(Oc2ncnc(Cl)c2C(C)C)cn1. The second kappa shape index (κ2) is 5.31. The highest BCUT2D eigenvalue weighted by Gasteiger charge is 2.15. The maximum absolute atomic E-state index is 6.07. The predicted molar refractivity (Wildman–Crippen MR) is 70.2 cm³/mol. The van der Waals surface area contributed by atoms with Gasteiger partial charge in [-0.3, -0.25) is 4.98 Å². The van der Waals surface area contributed by atoms with Gasteiger partial charge in [-0.15, -0.1) is 0 Å². The molecule has 0 unspecified atom stereocenters. The number of ether oxygens (including phenoxy) is 1. The third-order valence-corrected chi connectivity index (χ3v) is 2.78. The van der Waals surface area contributed by atoms with E-state index in [0.29, 0.717) is 16.8 Å². The largest absolute Gasteiger partial charge is 0.437 e. The van der Waals surface area contributed by atoms with Crippen LogP contribution in [-0.2, 0) is 0 Å². The number of rotatable bonds is 3. The van der Waals surface area contributed by atoms with Crippen molar-refractivity contribution in [3.8, 4) is 11.6 Å². The molecular weight excluding hydrogens is 250 g/mol. The van der Waals surface area contributed by atoms with Crippen LogP contribution in [0.15, 0.2) is 24.7 Å². The predicted octanol–water partition coefficient (Wildman–Crippen LogP) is 3.75. The van der Waals surface area contributed by atoms with Crippen LogP contribution in [0.25, 0.3) is 0 Å². The average molecular weight is 264 g/mol. The quantitative estimate of drug-likeness (QED) is 0.792. The van der Waals surface area contributed by atoms with Crippen molar-refractivity contribution in [2.45, 2.75) is 26.7 Å². The molecule has 0 aromatic carbocycles. The topological polar surface area (TPSA) is 47.9 Å². The lowest BCUT2D eigenvalue weighted by Gasteiger charge is -2.12. The molecule has 0 bridgehead atoms. The van der Waals surface area contributed by atoms with E-state index in [4.69, 9.17) is 16.3 Å². The molecule has 0 saturated carbocycles. The Hall–Kier alpha value is -1.68. The first kappa shape index (κ1) is 12.8. The molecule has 2 aromatic heterocycles. The Bertz CT molecular complexity index is 540. The number of hydrogen-bond acceptors (Lipinski definition) is 4. The zero-order valence-electron chi connectivity index (χ0n) is 10.5. The molecule has 0 fully saturated rings. The van der Waals surface area contributed by atoms with Crippen LogP contribution >= 0.6 is 11.6 Å². The van der Waals surface area contributed by atoms with E-state index in [9.17, 15) is 0 Å². The third-order valence-electron chi connectivity index (χ3n) is 2.47. The first-order chi connectivity index (χ1) is 8.58. The molecular formula is C13H14ClN3O. The molecule has 0 spiro atoms. The van der Waals surface area contributed by atoms with Crippen molar-refractivity contribution in [3.05, 3.63) is 41.1 Å². The fourth-order valence-corrected chi connectivity index (χ4v) is 1.89. The molecule has 0 aliphatic carbocycles. The van der Waals surface area contributed by atoms with Crippen LogP contribution in [0.4, 0.5) is 0 Å². The maximum atomic E-state index is 6.07. The minimum atomic E-state index is 0.187. The van der Waals surface area contributed by atoms with Gasteiger partial charge < -0.3 is 4.74 Å². The van der Waals surface area contributed by atoms with Crippen molar-refractivity contribution in [2.75, 3.05) is 0 Å². The molecule has 0 saturated heterocycles. The van der Waals surface area contributed by atoms with Gasteiger partial charge in [-0.2, -0.15) is 0 Å². The van der Waals surface area contributed by atoms with E-state index in [-0.39, 0.29) is 5.92 Å². The number of hydrogen-bond donors (Lipinski definition) is 0. The Labute approximate surface area is 111 Å². The van der Waals surface area contributed by atoms with E-state index in [1.807, 2.05) is 32.9 Å². The van der Waals surface area contributed by atoms with Crippen molar-refractivity contribution in [1.82, 2.24) is 15.0 Å². The molecule has 0 aliphatic heterocycles. The summed E-state index contributed by atoms with van der Waals surface area (Å²) >= 11 is 6.07. The van der Waals surface area contributed by atoms with Crippen molar-refractivity contribution in [2.24, 2.45) is 0 Å². The van der Waals surface area contributed by atoms with E-state index in [2.05, 4.69) is 15.0 Å². The number of nitrogens with zero attached hydrogens (tertiary/aromatic N) is 3. The lowest BCUT2D eigenvalue weighted by atomic mass is 10.1. The zero-order chi connectivity index (χ0) is 13.1. The summed E-state index contributed by atoms with van der Waals surface area (Å²) in [5, 5.41) is 0.426. The summed E-state index contributed by atoms with van der Waals surface area (Å²) in [6.45, 7) is 5.96. The summed E-state index contributed by atoms with van der Waals surface area (Å²) in [6.07, 6.45) is 3.06. The Morgan fingerprint density at radius 1 is 1.17 bits per heavy atom. The highest BCUT2D eigenvalue weighted by Crippen LogP contribution is 2.32. The van der Waals surface area contributed by atoms with E-state index < -0.39 is 0 Å². The standard InChI is InChI=1S/C13H14ClN3O/c1-8(2)11-12(14)16-7-17-13(11)18-10-5-4-9(3)15-6-10/h4-8H,1-3H3. The van der Waals surface area contributed by atoms with Crippen LogP contribution in [0.5, 0.6) is 11.6 Å². The molecule has 0 radical (unpaired) electrons. The summed E-state index contributed by atoms with van der Waals surface area (Å²) in [5.41, 5.74) is 1.74. The van der Waals surface area contributed by atoms with Gasteiger partial charge in [0.1, 0.15) is 17.2 Å². The van der Waals surface area contributed by atoms with Crippen LogP contribution in [0.1, 0.15) is 31.0 Å². The zero-order valence-corrected chi connectivity index (χ0v) is 11.3. The number of pyridine rings is 1. The van der Waals surface area contributed by atoms with Crippen molar-refractivity contribution in [3.63, 3.8) is 0 Å². The molecule has 2 rings (SSSR count). The van der Waals surface area contributed by atoms with Gasteiger partial charge in [0.2, 0.25) is 5.88 Å². The van der Waals surface area contributed by atoms with E-state index in [1.54, 1.807) is 6.20 Å². The highest BCUT2D eigenvalue weighted by atomic mass is 35.5. The Morgan fingerprint density at radius 2 is 1.94 bits per heavy atom. The van der Waals surface area contributed by atoms with Crippen LogP contribution in [0.2, 0.25) is 5.15 Å². The normalized spacial score (nSPS) is 10.7. The number of halogens is 1. The van der Waals surface area contributed by atoms with Crippen LogP contribution in [-0.4, -0.2) is 15.0 Å². The molecule has 2 heterocycles. The van der Waals surface area contributed by atoms with Crippen LogP contribution in [0, 0.1) is 6.92 Å². The molecule has 0 N–H and O–H groups in total. The Balaban J connectivity index is 2.34. The van der Waals surface area contributed by atoms with Gasteiger partial charge in [0, 0.05) is 5.69 Å². The van der Waals surface area contributed by atoms with Crippen molar-refractivity contribution in [1.29, 1.82) is 0 Å². The molecule has 18 heavy (non-hydrogen) atoms. The Kier molecular flexibility index (Phi) is 3.77. The van der Waals surface area contributed by atoms with Crippen molar-refractivity contribution < 1.29 is 4.74 Å². The lowest BCUT2D eigenvalue weighted by molar-refractivity contribution is 0.449. The van der Waals surface area contributed by atoms with E-state index in [1.165, 1.54) is 6.33 Å². The van der Waals surface area contributed by atoms with Crippen molar-refractivity contribution >= 4 is 11.6 Å². The fourth-order valence-electron chi connectivity index (χ4n) is 1.55. The molecule has 0 atom stereocenters. The summed E-state index contributed by atoms with van der Waals surface area (Å²) in [5.74, 6) is 1.31.